The van der Waals surface area contributed by atoms with E-state index >= 15 is 0 Å². The number of nitrogens with zero attached hydrogens (tertiary/aromatic N) is 2. The molecule has 4 rings (SSSR count). The van der Waals surface area contributed by atoms with Gasteiger partial charge in [-0.05, 0) is 68.9 Å². The summed E-state index contributed by atoms with van der Waals surface area (Å²) in [5.74, 6) is 0.678. The summed E-state index contributed by atoms with van der Waals surface area (Å²) in [6, 6.07) is 6.24. The average Bonchev–Trinajstić information content (AvgIpc) is 3.11. The van der Waals surface area contributed by atoms with E-state index in [9.17, 15) is 4.79 Å². The van der Waals surface area contributed by atoms with Gasteiger partial charge in [0.15, 0.2) is 0 Å². The van der Waals surface area contributed by atoms with E-state index in [2.05, 4.69) is 27.4 Å². The van der Waals surface area contributed by atoms with Crippen LogP contribution in [-0.4, -0.2) is 15.9 Å². The normalized spacial score (nSPS) is 13.3. The number of hydrogen-bond acceptors (Lipinski definition) is 4. The van der Waals surface area contributed by atoms with Crippen LogP contribution < -0.4 is 5.32 Å². The molecule has 0 saturated carbocycles. The predicted molar refractivity (Wildman–Crippen MR) is 98.0 cm³/mol. The first-order valence-electron chi connectivity index (χ1n) is 8.20. The Morgan fingerprint density at radius 1 is 1.12 bits per heavy atom. The van der Waals surface area contributed by atoms with E-state index in [-0.39, 0.29) is 5.91 Å². The predicted octanol–water partition coefficient (Wildman–Crippen LogP) is 4.36. The van der Waals surface area contributed by atoms with Crippen molar-refractivity contribution in [2.24, 2.45) is 0 Å². The molecule has 2 heterocycles. The first-order chi connectivity index (χ1) is 11.5. The van der Waals surface area contributed by atoms with Gasteiger partial charge in [0.1, 0.15) is 10.7 Å². The van der Waals surface area contributed by atoms with E-state index in [0.29, 0.717) is 4.88 Å². The molecule has 5 heteroatoms. The third-order valence-corrected chi connectivity index (χ3v) is 5.83. The summed E-state index contributed by atoms with van der Waals surface area (Å²) in [4.78, 5) is 23.3. The lowest BCUT2D eigenvalue weighted by Crippen LogP contribution is -2.11. The lowest BCUT2D eigenvalue weighted by Gasteiger charge is -2.07. The van der Waals surface area contributed by atoms with Crippen molar-refractivity contribution in [1.29, 1.82) is 0 Å². The van der Waals surface area contributed by atoms with E-state index in [1.54, 1.807) is 0 Å². The minimum absolute atomic E-state index is 0.0644. The highest BCUT2D eigenvalue weighted by molar-refractivity contribution is 7.20. The number of aromatic nitrogens is 2. The summed E-state index contributed by atoms with van der Waals surface area (Å²) in [7, 11) is 0. The molecule has 0 aliphatic heterocycles. The SMILES string of the molecule is Cc1nc(C)c2c(C)c(C(=O)Nc3ccc4c(c3)CCC4)sc2n1. The first-order valence-corrected chi connectivity index (χ1v) is 9.02. The number of fused-ring (bicyclic) bond motifs is 2. The minimum Gasteiger partial charge on any atom is -0.321 e. The molecule has 1 aliphatic carbocycles. The van der Waals surface area contributed by atoms with Gasteiger partial charge in [0.2, 0.25) is 0 Å². The third-order valence-electron chi connectivity index (χ3n) is 4.65. The highest BCUT2D eigenvalue weighted by Gasteiger charge is 2.19. The van der Waals surface area contributed by atoms with Gasteiger partial charge in [0.05, 0.1) is 4.88 Å². The van der Waals surface area contributed by atoms with Crippen molar-refractivity contribution in [3.05, 3.63) is 51.3 Å². The number of rotatable bonds is 2. The molecule has 0 fully saturated rings. The number of nitrogens with one attached hydrogen (secondary N) is 1. The van der Waals surface area contributed by atoms with Crippen LogP contribution in [0.4, 0.5) is 5.69 Å². The van der Waals surface area contributed by atoms with Gasteiger partial charge in [-0.3, -0.25) is 4.79 Å². The molecule has 24 heavy (non-hydrogen) atoms. The van der Waals surface area contributed by atoms with Gasteiger partial charge in [-0.25, -0.2) is 9.97 Å². The Labute approximate surface area is 145 Å². The molecule has 1 amide bonds. The third kappa shape index (κ3) is 2.49. The van der Waals surface area contributed by atoms with Crippen LogP contribution >= 0.6 is 11.3 Å². The van der Waals surface area contributed by atoms with Crippen LogP contribution in [0.15, 0.2) is 18.2 Å². The molecule has 1 aliphatic rings. The van der Waals surface area contributed by atoms with Crippen LogP contribution in [0.2, 0.25) is 0 Å². The van der Waals surface area contributed by atoms with E-state index < -0.39 is 0 Å². The maximum atomic E-state index is 12.8. The zero-order valence-corrected chi connectivity index (χ0v) is 14.9. The van der Waals surface area contributed by atoms with Gasteiger partial charge in [0.25, 0.3) is 5.91 Å². The Morgan fingerprint density at radius 2 is 1.92 bits per heavy atom. The highest BCUT2D eigenvalue weighted by Crippen LogP contribution is 2.32. The van der Waals surface area contributed by atoms with Gasteiger partial charge >= 0.3 is 0 Å². The largest absolute Gasteiger partial charge is 0.321 e. The molecule has 0 spiro atoms. The van der Waals surface area contributed by atoms with Crippen LogP contribution in [0, 0.1) is 20.8 Å². The van der Waals surface area contributed by atoms with Crippen LogP contribution in [0.5, 0.6) is 0 Å². The number of carbonyl (C=O) groups is 1. The smallest absolute Gasteiger partial charge is 0.266 e. The fourth-order valence-electron chi connectivity index (χ4n) is 3.53. The van der Waals surface area contributed by atoms with Crippen molar-refractivity contribution in [3.8, 4) is 0 Å². The summed E-state index contributed by atoms with van der Waals surface area (Å²) < 4.78 is 0. The Balaban J connectivity index is 1.68. The summed E-state index contributed by atoms with van der Waals surface area (Å²) in [6.45, 7) is 5.83. The van der Waals surface area contributed by atoms with Gasteiger partial charge in [-0.15, -0.1) is 11.3 Å². The summed E-state index contributed by atoms with van der Waals surface area (Å²) in [6.07, 6.45) is 3.46. The maximum absolute atomic E-state index is 12.8. The highest BCUT2D eigenvalue weighted by atomic mass is 32.1. The second-order valence-corrected chi connectivity index (χ2v) is 7.38. The number of thiophene rings is 1. The molecule has 4 nitrogen and oxygen atoms in total. The quantitative estimate of drug-likeness (QED) is 0.756. The van der Waals surface area contributed by atoms with E-state index in [1.807, 2.05) is 26.8 Å². The molecule has 0 radical (unpaired) electrons. The lowest BCUT2D eigenvalue weighted by molar-refractivity contribution is 0.103. The molecule has 1 N–H and O–H groups in total. The molecular weight excluding hydrogens is 318 g/mol. The molecular formula is C19H19N3OS. The average molecular weight is 337 g/mol. The molecule has 3 aromatic rings. The van der Waals surface area contributed by atoms with E-state index in [4.69, 9.17) is 0 Å². The first kappa shape index (κ1) is 15.3. The van der Waals surface area contributed by atoms with Crippen LogP contribution in [0.25, 0.3) is 10.2 Å². The number of aryl methyl sites for hydroxylation is 5. The minimum atomic E-state index is -0.0644. The van der Waals surface area contributed by atoms with E-state index in [1.165, 1.54) is 28.9 Å². The van der Waals surface area contributed by atoms with Gasteiger partial charge in [-0.2, -0.15) is 0 Å². The topological polar surface area (TPSA) is 54.9 Å². The van der Waals surface area contributed by atoms with Crippen molar-refractivity contribution in [2.75, 3.05) is 5.32 Å². The van der Waals surface area contributed by atoms with Gasteiger partial charge < -0.3 is 5.32 Å². The molecule has 2 aromatic heterocycles. The van der Waals surface area contributed by atoms with Crippen LogP contribution in [-0.2, 0) is 12.8 Å². The van der Waals surface area contributed by atoms with E-state index in [0.717, 1.165) is 45.8 Å². The number of hydrogen-bond donors (Lipinski definition) is 1. The second kappa shape index (κ2) is 5.67. The zero-order chi connectivity index (χ0) is 16.8. The van der Waals surface area contributed by atoms with Crippen molar-refractivity contribution < 1.29 is 4.79 Å². The molecule has 0 unspecified atom stereocenters. The zero-order valence-electron chi connectivity index (χ0n) is 14.1. The summed E-state index contributed by atoms with van der Waals surface area (Å²) in [5.41, 5.74) is 5.54. The lowest BCUT2D eigenvalue weighted by atomic mass is 10.1. The fraction of sp³-hybridized carbons (Fsp3) is 0.316. The van der Waals surface area contributed by atoms with Crippen LogP contribution in [0.1, 0.15) is 44.3 Å². The van der Waals surface area contributed by atoms with Gasteiger partial charge in [0, 0.05) is 16.8 Å². The van der Waals surface area contributed by atoms with Crippen molar-refractivity contribution in [1.82, 2.24) is 9.97 Å². The number of amides is 1. The monoisotopic (exact) mass is 337 g/mol. The molecule has 122 valence electrons. The molecule has 0 bridgehead atoms. The second-order valence-electron chi connectivity index (χ2n) is 6.38. The standard InChI is InChI=1S/C19H19N3OS/c1-10-16-11(2)20-12(3)21-19(16)24-17(10)18(23)22-15-8-7-13-5-4-6-14(13)9-15/h7-9H,4-6H2,1-3H3,(H,22,23). The van der Waals surface area contributed by atoms with Crippen molar-refractivity contribution in [3.63, 3.8) is 0 Å². The molecule has 0 saturated heterocycles. The maximum Gasteiger partial charge on any atom is 0.266 e. The summed E-state index contributed by atoms with van der Waals surface area (Å²) in [5, 5.41) is 4.05. The number of anilines is 1. The van der Waals surface area contributed by atoms with Crippen molar-refractivity contribution >= 4 is 33.1 Å². The Morgan fingerprint density at radius 3 is 2.75 bits per heavy atom. The van der Waals surface area contributed by atoms with Crippen LogP contribution in [0.3, 0.4) is 0 Å². The van der Waals surface area contributed by atoms with Crippen molar-refractivity contribution in [2.45, 2.75) is 40.0 Å². The molecule has 0 atom stereocenters. The Bertz CT molecular complexity index is 974. The number of benzene rings is 1. The fourth-order valence-corrected chi connectivity index (χ4v) is 4.70. The van der Waals surface area contributed by atoms with Gasteiger partial charge in [-0.1, -0.05) is 6.07 Å². The summed E-state index contributed by atoms with van der Waals surface area (Å²) >= 11 is 1.44. The number of carbonyl (C=O) groups excluding carboxylic acids is 1. The Kier molecular flexibility index (Phi) is 3.61. The molecule has 1 aromatic carbocycles. The Hall–Kier alpha value is -2.27.